The van der Waals surface area contributed by atoms with E-state index in [0.717, 1.165) is 28.0 Å². The molecule has 0 amide bonds. The van der Waals surface area contributed by atoms with Crippen LogP contribution < -0.4 is 11.1 Å². The lowest BCUT2D eigenvalue weighted by atomic mass is 9.84. The Morgan fingerprint density at radius 2 is 2.28 bits per heavy atom. The first-order chi connectivity index (χ1) is 8.63. The molecule has 1 aromatic rings. The van der Waals surface area contributed by atoms with E-state index in [1.807, 2.05) is 0 Å². The highest BCUT2D eigenvalue weighted by atomic mass is 79.9. The lowest BCUT2D eigenvalue weighted by Gasteiger charge is -2.29. The van der Waals surface area contributed by atoms with E-state index in [1.54, 1.807) is 6.20 Å². The molecule has 0 aliphatic heterocycles. The molecule has 0 saturated heterocycles. The van der Waals surface area contributed by atoms with E-state index >= 15 is 0 Å². The number of aromatic nitrogens is 2. The summed E-state index contributed by atoms with van der Waals surface area (Å²) in [5.74, 6) is 3.81. The lowest BCUT2D eigenvalue weighted by Crippen LogP contribution is -2.30. The van der Waals surface area contributed by atoms with E-state index in [2.05, 4.69) is 38.1 Å². The predicted molar refractivity (Wildman–Crippen MR) is 76.2 cm³/mol. The summed E-state index contributed by atoms with van der Waals surface area (Å²) in [6.07, 6.45) is 7.37. The summed E-state index contributed by atoms with van der Waals surface area (Å²) in [7, 11) is 0. The fourth-order valence-corrected chi connectivity index (χ4v) is 4.02. The van der Waals surface area contributed by atoms with E-state index in [0.29, 0.717) is 12.0 Å². The zero-order valence-corrected chi connectivity index (χ0v) is 12.2. The molecule has 18 heavy (non-hydrogen) atoms. The molecule has 0 aromatic carbocycles. The number of nitrogen functional groups attached to an aromatic ring is 1. The monoisotopic (exact) mass is 310 g/mol. The van der Waals surface area contributed by atoms with Gasteiger partial charge in [-0.1, -0.05) is 6.42 Å². The molecule has 1 heterocycles. The summed E-state index contributed by atoms with van der Waals surface area (Å²) < 4.78 is 0.881. The van der Waals surface area contributed by atoms with Crippen LogP contribution in [-0.2, 0) is 0 Å². The number of rotatable bonds is 3. The molecule has 5 heteroatoms. The molecule has 2 aliphatic rings. The van der Waals surface area contributed by atoms with Gasteiger partial charge in [-0.25, -0.2) is 4.98 Å². The maximum absolute atomic E-state index is 5.63. The Morgan fingerprint density at radius 3 is 2.94 bits per heavy atom. The van der Waals surface area contributed by atoms with Crippen LogP contribution in [0.2, 0.25) is 0 Å². The van der Waals surface area contributed by atoms with E-state index in [1.165, 1.54) is 25.7 Å². The molecular weight excluding hydrogens is 292 g/mol. The molecule has 0 radical (unpaired) electrons. The second-order valence-corrected chi connectivity index (χ2v) is 6.55. The SMILES string of the molecule is CC(Nc1nc(N)ncc1Br)C1CC2CCC1C2. The number of nitrogens with one attached hydrogen (secondary N) is 1. The van der Waals surface area contributed by atoms with Crippen LogP contribution in [0.5, 0.6) is 0 Å². The number of anilines is 2. The van der Waals surface area contributed by atoms with E-state index in [4.69, 9.17) is 5.73 Å². The van der Waals surface area contributed by atoms with Gasteiger partial charge in [0.25, 0.3) is 0 Å². The summed E-state index contributed by atoms with van der Waals surface area (Å²) in [5, 5.41) is 3.50. The molecular formula is C13H19BrN4. The normalized spacial score (nSPS) is 31.6. The molecule has 0 spiro atoms. The standard InChI is InChI=1S/C13H19BrN4/c1-7(10-5-8-2-3-9(10)4-8)17-12-11(14)6-16-13(15)18-12/h6-10H,2-5H2,1H3,(H3,15,16,17,18). The van der Waals surface area contributed by atoms with Crippen molar-refractivity contribution >= 4 is 27.7 Å². The maximum Gasteiger partial charge on any atom is 0.221 e. The molecule has 3 N–H and O–H groups in total. The zero-order chi connectivity index (χ0) is 12.7. The number of halogens is 1. The van der Waals surface area contributed by atoms with Crippen molar-refractivity contribution in [1.82, 2.24) is 9.97 Å². The van der Waals surface area contributed by atoms with Gasteiger partial charge in [-0.2, -0.15) is 4.98 Å². The fourth-order valence-electron chi connectivity index (χ4n) is 3.71. The van der Waals surface area contributed by atoms with Crippen LogP contribution in [0.1, 0.15) is 32.6 Å². The van der Waals surface area contributed by atoms with E-state index < -0.39 is 0 Å². The lowest BCUT2D eigenvalue weighted by molar-refractivity contribution is 0.304. The minimum atomic E-state index is 0.320. The van der Waals surface area contributed by atoms with Crippen molar-refractivity contribution in [2.75, 3.05) is 11.1 Å². The van der Waals surface area contributed by atoms with Crippen molar-refractivity contribution in [3.05, 3.63) is 10.7 Å². The Morgan fingerprint density at radius 1 is 1.44 bits per heavy atom. The number of hydrogen-bond acceptors (Lipinski definition) is 4. The average Bonchev–Trinajstić information content (AvgIpc) is 2.96. The van der Waals surface area contributed by atoms with Crippen molar-refractivity contribution in [3.63, 3.8) is 0 Å². The summed E-state index contributed by atoms with van der Waals surface area (Å²) in [4.78, 5) is 8.22. The Bertz CT molecular complexity index is 451. The van der Waals surface area contributed by atoms with Gasteiger partial charge in [0.15, 0.2) is 0 Å². The molecule has 4 unspecified atom stereocenters. The quantitative estimate of drug-likeness (QED) is 0.900. The van der Waals surface area contributed by atoms with Crippen LogP contribution >= 0.6 is 15.9 Å². The second kappa shape index (κ2) is 4.68. The van der Waals surface area contributed by atoms with Crippen LogP contribution in [0, 0.1) is 17.8 Å². The van der Waals surface area contributed by atoms with Gasteiger partial charge in [0.05, 0.1) is 4.47 Å². The van der Waals surface area contributed by atoms with Crippen LogP contribution in [0.15, 0.2) is 10.7 Å². The fraction of sp³-hybridized carbons (Fsp3) is 0.692. The van der Waals surface area contributed by atoms with Crippen molar-refractivity contribution in [3.8, 4) is 0 Å². The molecule has 1 aromatic heterocycles. The smallest absolute Gasteiger partial charge is 0.221 e. The third-order valence-corrected chi connectivity index (χ3v) is 5.14. The van der Waals surface area contributed by atoms with Gasteiger partial charge in [0.1, 0.15) is 5.82 Å². The summed E-state index contributed by atoms with van der Waals surface area (Å²) in [5.41, 5.74) is 5.63. The van der Waals surface area contributed by atoms with Gasteiger partial charge < -0.3 is 11.1 Å². The first-order valence-corrected chi connectivity index (χ1v) is 7.47. The zero-order valence-electron chi connectivity index (χ0n) is 10.6. The van der Waals surface area contributed by atoms with Gasteiger partial charge >= 0.3 is 0 Å². The van der Waals surface area contributed by atoms with Gasteiger partial charge in [0, 0.05) is 12.2 Å². The minimum Gasteiger partial charge on any atom is -0.368 e. The topological polar surface area (TPSA) is 63.8 Å². The van der Waals surface area contributed by atoms with Gasteiger partial charge in [-0.3, -0.25) is 0 Å². The Labute approximate surface area is 116 Å². The Balaban J connectivity index is 1.70. The average molecular weight is 311 g/mol. The molecule has 2 fully saturated rings. The molecule has 2 aliphatic carbocycles. The maximum atomic E-state index is 5.63. The van der Waals surface area contributed by atoms with Crippen molar-refractivity contribution in [2.45, 2.75) is 38.6 Å². The van der Waals surface area contributed by atoms with Gasteiger partial charge in [-0.15, -0.1) is 0 Å². The number of fused-ring (bicyclic) bond motifs is 2. The number of nitrogens with zero attached hydrogens (tertiary/aromatic N) is 2. The van der Waals surface area contributed by atoms with E-state index in [-0.39, 0.29) is 0 Å². The van der Waals surface area contributed by atoms with Crippen LogP contribution in [-0.4, -0.2) is 16.0 Å². The highest BCUT2D eigenvalue weighted by molar-refractivity contribution is 9.10. The predicted octanol–water partition coefficient (Wildman–Crippen LogP) is 3.06. The molecule has 4 atom stereocenters. The van der Waals surface area contributed by atoms with E-state index in [9.17, 15) is 0 Å². The van der Waals surface area contributed by atoms with Crippen LogP contribution in [0.3, 0.4) is 0 Å². The molecule has 3 rings (SSSR count). The number of nitrogens with two attached hydrogens (primary N) is 1. The van der Waals surface area contributed by atoms with Crippen molar-refractivity contribution in [1.29, 1.82) is 0 Å². The third-order valence-electron chi connectivity index (χ3n) is 4.56. The second-order valence-electron chi connectivity index (χ2n) is 5.70. The summed E-state index contributed by atoms with van der Waals surface area (Å²) in [6, 6.07) is 0.450. The molecule has 98 valence electrons. The highest BCUT2D eigenvalue weighted by Gasteiger charge is 2.41. The first kappa shape index (κ1) is 12.2. The van der Waals surface area contributed by atoms with Gasteiger partial charge in [0.2, 0.25) is 5.95 Å². The largest absolute Gasteiger partial charge is 0.368 e. The van der Waals surface area contributed by atoms with Gasteiger partial charge in [-0.05, 0) is 59.9 Å². The van der Waals surface area contributed by atoms with Crippen molar-refractivity contribution in [2.24, 2.45) is 17.8 Å². The van der Waals surface area contributed by atoms with Crippen molar-refractivity contribution < 1.29 is 0 Å². The summed E-state index contributed by atoms with van der Waals surface area (Å²) >= 11 is 3.47. The summed E-state index contributed by atoms with van der Waals surface area (Å²) in [6.45, 7) is 2.26. The molecule has 2 saturated carbocycles. The Hall–Kier alpha value is -0.840. The minimum absolute atomic E-state index is 0.320. The third kappa shape index (κ3) is 2.20. The molecule has 4 nitrogen and oxygen atoms in total. The van der Waals surface area contributed by atoms with Crippen LogP contribution in [0.4, 0.5) is 11.8 Å². The Kier molecular flexibility index (Phi) is 3.18. The highest BCUT2D eigenvalue weighted by Crippen LogP contribution is 2.49. The number of hydrogen-bond donors (Lipinski definition) is 2. The molecule has 2 bridgehead atoms. The first-order valence-electron chi connectivity index (χ1n) is 6.68. The van der Waals surface area contributed by atoms with Crippen LogP contribution in [0.25, 0.3) is 0 Å².